The molecule has 0 aliphatic rings. The summed E-state index contributed by atoms with van der Waals surface area (Å²) >= 11 is 2.18. The van der Waals surface area contributed by atoms with Gasteiger partial charge in [0.25, 0.3) is 0 Å². The van der Waals surface area contributed by atoms with Crippen molar-refractivity contribution < 1.29 is 4.39 Å². The zero-order valence-corrected chi connectivity index (χ0v) is 11.5. The Balaban J connectivity index is 2.38. The van der Waals surface area contributed by atoms with Gasteiger partial charge in [0.1, 0.15) is 5.82 Å². The molecule has 0 aliphatic carbocycles. The molecule has 0 radical (unpaired) electrons. The maximum atomic E-state index is 13.6. The summed E-state index contributed by atoms with van der Waals surface area (Å²) in [6.07, 6.45) is 0. The van der Waals surface area contributed by atoms with Crippen LogP contribution in [0.1, 0.15) is 5.56 Å². The summed E-state index contributed by atoms with van der Waals surface area (Å²) in [5, 5.41) is 3.03. The summed E-state index contributed by atoms with van der Waals surface area (Å²) in [7, 11) is 0. The smallest absolute Gasteiger partial charge is 0.146 e. The molecule has 2 nitrogen and oxygen atoms in total. The lowest BCUT2D eigenvalue weighted by molar-refractivity contribution is 0.631. The lowest BCUT2D eigenvalue weighted by Crippen LogP contribution is -2.00. The zero-order chi connectivity index (χ0) is 12.4. The molecule has 0 saturated heterocycles. The minimum Gasteiger partial charge on any atom is -0.397 e. The molecule has 2 aromatic carbocycles. The van der Waals surface area contributed by atoms with Gasteiger partial charge in [-0.3, -0.25) is 0 Å². The molecule has 2 aromatic rings. The molecule has 17 heavy (non-hydrogen) atoms. The summed E-state index contributed by atoms with van der Waals surface area (Å²) in [6.45, 7) is 1.86. The highest BCUT2D eigenvalue weighted by Gasteiger charge is 2.07. The molecule has 0 heterocycles. The van der Waals surface area contributed by atoms with Gasteiger partial charge in [0.2, 0.25) is 0 Å². The van der Waals surface area contributed by atoms with Crippen LogP contribution in [0.2, 0.25) is 0 Å². The predicted octanol–water partition coefficient (Wildman–Crippen LogP) is 4.06. The maximum absolute atomic E-state index is 13.6. The van der Waals surface area contributed by atoms with E-state index in [2.05, 4.69) is 27.9 Å². The van der Waals surface area contributed by atoms with Crippen molar-refractivity contribution >= 4 is 39.7 Å². The van der Waals surface area contributed by atoms with Gasteiger partial charge in [0.15, 0.2) is 0 Å². The third-order valence-electron chi connectivity index (χ3n) is 2.50. The first-order chi connectivity index (χ1) is 8.08. The Morgan fingerprint density at radius 2 is 2.00 bits per heavy atom. The molecule has 2 rings (SSSR count). The van der Waals surface area contributed by atoms with E-state index in [1.807, 2.05) is 31.2 Å². The fourth-order valence-corrected chi connectivity index (χ4v) is 2.09. The SMILES string of the molecule is Cc1cccc(F)c1Nc1ccc(I)cc1N. The molecule has 0 aliphatic heterocycles. The Kier molecular flexibility index (Phi) is 3.51. The number of hydrogen-bond donors (Lipinski definition) is 2. The van der Waals surface area contributed by atoms with E-state index in [9.17, 15) is 4.39 Å². The maximum Gasteiger partial charge on any atom is 0.146 e. The molecular weight excluding hydrogens is 330 g/mol. The number of benzene rings is 2. The summed E-state index contributed by atoms with van der Waals surface area (Å²) in [4.78, 5) is 0. The highest BCUT2D eigenvalue weighted by atomic mass is 127. The summed E-state index contributed by atoms with van der Waals surface area (Å²) in [5.74, 6) is -0.275. The Morgan fingerprint density at radius 3 is 2.65 bits per heavy atom. The Bertz CT molecular complexity index is 535. The normalized spacial score (nSPS) is 10.3. The molecular formula is C13H12FIN2. The molecule has 0 fully saturated rings. The predicted molar refractivity (Wildman–Crippen MR) is 78.0 cm³/mol. The van der Waals surface area contributed by atoms with E-state index in [1.54, 1.807) is 6.07 Å². The van der Waals surface area contributed by atoms with Gasteiger partial charge in [-0.05, 0) is 59.3 Å². The van der Waals surface area contributed by atoms with Gasteiger partial charge in [0, 0.05) is 3.57 Å². The Morgan fingerprint density at radius 1 is 1.24 bits per heavy atom. The standard InChI is InChI=1S/C13H12FIN2/c1-8-3-2-4-10(14)13(8)17-12-6-5-9(15)7-11(12)16/h2-7,17H,16H2,1H3. The van der Waals surface area contributed by atoms with Crippen LogP contribution in [0, 0.1) is 16.3 Å². The largest absolute Gasteiger partial charge is 0.397 e. The van der Waals surface area contributed by atoms with Gasteiger partial charge in [0.05, 0.1) is 17.1 Å². The molecule has 0 spiro atoms. The number of nitrogens with two attached hydrogens (primary N) is 1. The number of aryl methyl sites for hydroxylation is 1. The molecule has 0 atom stereocenters. The van der Waals surface area contributed by atoms with Crippen molar-refractivity contribution in [1.82, 2.24) is 0 Å². The van der Waals surface area contributed by atoms with Crippen LogP contribution in [0.3, 0.4) is 0 Å². The number of para-hydroxylation sites is 1. The number of hydrogen-bond acceptors (Lipinski definition) is 2. The number of rotatable bonds is 2. The Labute approximate surface area is 113 Å². The van der Waals surface area contributed by atoms with E-state index in [1.165, 1.54) is 6.07 Å². The van der Waals surface area contributed by atoms with Crippen LogP contribution < -0.4 is 11.1 Å². The topological polar surface area (TPSA) is 38.0 Å². The van der Waals surface area contributed by atoms with Gasteiger partial charge >= 0.3 is 0 Å². The molecule has 0 aromatic heterocycles. The minimum absolute atomic E-state index is 0.275. The lowest BCUT2D eigenvalue weighted by Gasteiger charge is -2.12. The molecule has 4 heteroatoms. The van der Waals surface area contributed by atoms with Crippen molar-refractivity contribution in [1.29, 1.82) is 0 Å². The van der Waals surface area contributed by atoms with Gasteiger partial charge in [-0.25, -0.2) is 4.39 Å². The molecule has 88 valence electrons. The van der Waals surface area contributed by atoms with Crippen molar-refractivity contribution in [3.8, 4) is 0 Å². The van der Waals surface area contributed by atoms with Crippen LogP contribution in [0.4, 0.5) is 21.5 Å². The summed E-state index contributed by atoms with van der Waals surface area (Å²) in [6, 6.07) is 10.6. The highest BCUT2D eigenvalue weighted by Crippen LogP contribution is 2.28. The zero-order valence-electron chi connectivity index (χ0n) is 9.30. The fraction of sp³-hybridized carbons (Fsp3) is 0.0769. The second kappa shape index (κ2) is 4.91. The Hall–Kier alpha value is -1.30. The molecule has 3 N–H and O–H groups in total. The number of halogens is 2. The number of nitrogen functional groups attached to an aromatic ring is 1. The quantitative estimate of drug-likeness (QED) is 0.638. The van der Waals surface area contributed by atoms with Crippen molar-refractivity contribution in [2.75, 3.05) is 11.1 Å². The van der Waals surface area contributed by atoms with Crippen LogP contribution >= 0.6 is 22.6 Å². The van der Waals surface area contributed by atoms with Crippen LogP contribution in [0.25, 0.3) is 0 Å². The van der Waals surface area contributed by atoms with Crippen LogP contribution in [0.15, 0.2) is 36.4 Å². The second-order valence-corrected chi connectivity index (χ2v) is 5.03. The van der Waals surface area contributed by atoms with E-state index in [4.69, 9.17) is 5.73 Å². The molecule has 0 unspecified atom stereocenters. The average molecular weight is 342 g/mol. The van der Waals surface area contributed by atoms with E-state index in [0.717, 1.165) is 14.8 Å². The number of anilines is 3. The van der Waals surface area contributed by atoms with Crippen molar-refractivity contribution in [3.05, 3.63) is 51.3 Å². The highest BCUT2D eigenvalue weighted by molar-refractivity contribution is 14.1. The first-order valence-corrected chi connectivity index (χ1v) is 6.23. The van der Waals surface area contributed by atoms with Gasteiger partial charge in [-0.2, -0.15) is 0 Å². The monoisotopic (exact) mass is 342 g/mol. The number of nitrogens with one attached hydrogen (secondary N) is 1. The summed E-state index contributed by atoms with van der Waals surface area (Å²) < 4.78 is 14.7. The first kappa shape index (κ1) is 12.2. The van der Waals surface area contributed by atoms with Crippen molar-refractivity contribution in [2.45, 2.75) is 6.92 Å². The molecule has 0 amide bonds. The van der Waals surface area contributed by atoms with E-state index in [-0.39, 0.29) is 5.82 Å². The lowest BCUT2D eigenvalue weighted by atomic mass is 10.1. The van der Waals surface area contributed by atoms with Gasteiger partial charge in [-0.1, -0.05) is 12.1 Å². The van der Waals surface area contributed by atoms with E-state index in [0.29, 0.717) is 11.4 Å². The van der Waals surface area contributed by atoms with Crippen LogP contribution in [-0.4, -0.2) is 0 Å². The van der Waals surface area contributed by atoms with Crippen molar-refractivity contribution in [3.63, 3.8) is 0 Å². The fourth-order valence-electron chi connectivity index (χ4n) is 1.57. The van der Waals surface area contributed by atoms with Gasteiger partial charge in [-0.15, -0.1) is 0 Å². The average Bonchev–Trinajstić information content (AvgIpc) is 2.26. The van der Waals surface area contributed by atoms with Gasteiger partial charge < -0.3 is 11.1 Å². The third-order valence-corrected chi connectivity index (χ3v) is 3.17. The van der Waals surface area contributed by atoms with Crippen LogP contribution in [0.5, 0.6) is 0 Å². The van der Waals surface area contributed by atoms with E-state index >= 15 is 0 Å². The van der Waals surface area contributed by atoms with E-state index < -0.39 is 0 Å². The third kappa shape index (κ3) is 2.69. The van der Waals surface area contributed by atoms with Crippen LogP contribution in [-0.2, 0) is 0 Å². The minimum atomic E-state index is -0.275. The van der Waals surface area contributed by atoms with Crippen molar-refractivity contribution in [2.24, 2.45) is 0 Å². The summed E-state index contributed by atoms with van der Waals surface area (Å²) in [5.41, 5.74) is 8.53. The second-order valence-electron chi connectivity index (χ2n) is 3.79. The molecule has 0 saturated carbocycles. The molecule has 0 bridgehead atoms. The first-order valence-electron chi connectivity index (χ1n) is 5.15.